The minimum Gasteiger partial charge on any atom is -0.363 e. The standard InChI is InChI=1S/C22H24F3N5O/c1-12(14-4-3-5-15(18(14)23)19(24)25)29-20-17-10-16(13-6-8-26-9-7-13)22(31)30(2)21(17)28-11-27-20/h3-5,10-13,19,26H,6-9H2,1-2H3,(H,27,28,29)/t12-/m1/s1. The molecule has 0 spiro atoms. The first-order valence-electron chi connectivity index (χ1n) is 10.3. The number of pyridine rings is 1. The number of aromatic nitrogens is 3. The van der Waals surface area contributed by atoms with Crippen molar-refractivity contribution in [2.24, 2.45) is 7.05 Å². The molecule has 9 heteroatoms. The normalized spacial score (nSPS) is 16.1. The minimum atomic E-state index is -2.89. The van der Waals surface area contributed by atoms with E-state index in [4.69, 9.17) is 0 Å². The van der Waals surface area contributed by atoms with E-state index in [0.29, 0.717) is 22.4 Å². The van der Waals surface area contributed by atoms with E-state index in [0.717, 1.165) is 32.0 Å². The number of hydrogen-bond donors (Lipinski definition) is 2. The average molecular weight is 431 g/mol. The summed E-state index contributed by atoms with van der Waals surface area (Å²) in [4.78, 5) is 21.5. The van der Waals surface area contributed by atoms with E-state index in [2.05, 4.69) is 20.6 Å². The Morgan fingerprint density at radius 1 is 1.19 bits per heavy atom. The Hall–Kier alpha value is -2.94. The number of anilines is 1. The van der Waals surface area contributed by atoms with Crippen LogP contribution < -0.4 is 16.2 Å². The van der Waals surface area contributed by atoms with Gasteiger partial charge in [-0.2, -0.15) is 0 Å². The molecule has 6 nitrogen and oxygen atoms in total. The lowest BCUT2D eigenvalue weighted by Crippen LogP contribution is -2.31. The molecule has 1 aromatic carbocycles. The summed E-state index contributed by atoms with van der Waals surface area (Å²) in [5.41, 5.74) is 0.553. The molecule has 1 aliphatic heterocycles. The summed E-state index contributed by atoms with van der Waals surface area (Å²) in [6.45, 7) is 3.37. The molecule has 31 heavy (non-hydrogen) atoms. The smallest absolute Gasteiger partial charge is 0.266 e. The van der Waals surface area contributed by atoms with Gasteiger partial charge >= 0.3 is 0 Å². The summed E-state index contributed by atoms with van der Waals surface area (Å²) in [5, 5.41) is 7.05. The van der Waals surface area contributed by atoms with Crippen LogP contribution in [0.25, 0.3) is 11.0 Å². The molecule has 1 saturated heterocycles. The zero-order valence-electron chi connectivity index (χ0n) is 17.3. The second-order valence-electron chi connectivity index (χ2n) is 7.86. The zero-order valence-corrected chi connectivity index (χ0v) is 17.3. The number of alkyl halides is 2. The van der Waals surface area contributed by atoms with Crippen LogP contribution in [0.4, 0.5) is 19.0 Å². The quantitative estimate of drug-likeness (QED) is 0.638. The molecule has 3 aromatic rings. The molecule has 1 fully saturated rings. The van der Waals surface area contributed by atoms with Crippen molar-refractivity contribution in [3.05, 3.63) is 63.5 Å². The van der Waals surface area contributed by atoms with E-state index in [1.807, 2.05) is 6.07 Å². The number of nitrogens with one attached hydrogen (secondary N) is 2. The Bertz CT molecular complexity index is 1160. The Kier molecular flexibility index (Phi) is 5.95. The summed E-state index contributed by atoms with van der Waals surface area (Å²) >= 11 is 0. The zero-order chi connectivity index (χ0) is 22.1. The maximum absolute atomic E-state index is 14.6. The van der Waals surface area contributed by atoms with Crippen LogP contribution >= 0.6 is 0 Å². The van der Waals surface area contributed by atoms with E-state index in [9.17, 15) is 18.0 Å². The Morgan fingerprint density at radius 2 is 1.90 bits per heavy atom. The van der Waals surface area contributed by atoms with Gasteiger partial charge in [-0.15, -0.1) is 0 Å². The van der Waals surface area contributed by atoms with E-state index < -0.39 is 23.8 Å². The lowest BCUT2D eigenvalue weighted by Gasteiger charge is -2.24. The molecule has 0 bridgehead atoms. The van der Waals surface area contributed by atoms with Crippen LogP contribution in [-0.2, 0) is 7.05 Å². The van der Waals surface area contributed by atoms with Crippen molar-refractivity contribution in [1.29, 1.82) is 0 Å². The molecular formula is C22H24F3N5O. The highest BCUT2D eigenvalue weighted by atomic mass is 19.3. The first-order chi connectivity index (χ1) is 14.9. The van der Waals surface area contributed by atoms with Crippen LogP contribution in [0.5, 0.6) is 0 Å². The molecule has 0 radical (unpaired) electrons. The number of nitrogens with zero attached hydrogens (tertiary/aromatic N) is 3. The monoisotopic (exact) mass is 431 g/mol. The summed E-state index contributed by atoms with van der Waals surface area (Å²) in [6.07, 6.45) is 0.153. The summed E-state index contributed by atoms with van der Waals surface area (Å²) in [6, 6.07) is 5.15. The van der Waals surface area contributed by atoms with E-state index in [-0.39, 0.29) is 17.0 Å². The molecule has 3 heterocycles. The number of rotatable bonds is 5. The molecule has 164 valence electrons. The Morgan fingerprint density at radius 3 is 2.61 bits per heavy atom. The van der Waals surface area contributed by atoms with Gasteiger partial charge in [-0.3, -0.25) is 9.36 Å². The van der Waals surface area contributed by atoms with Gasteiger partial charge < -0.3 is 10.6 Å². The van der Waals surface area contributed by atoms with Crippen molar-refractivity contribution >= 4 is 16.9 Å². The highest BCUT2D eigenvalue weighted by molar-refractivity contribution is 5.87. The third kappa shape index (κ3) is 4.01. The third-order valence-electron chi connectivity index (χ3n) is 5.92. The molecule has 0 unspecified atom stereocenters. The van der Waals surface area contributed by atoms with E-state index in [1.54, 1.807) is 14.0 Å². The lowest BCUT2D eigenvalue weighted by atomic mass is 9.90. The number of fused-ring (bicyclic) bond motifs is 1. The van der Waals surface area contributed by atoms with Crippen molar-refractivity contribution in [3.8, 4) is 0 Å². The largest absolute Gasteiger partial charge is 0.363 e. The Balaban J connectivity index is 1.75. The van der Waals surface area contributed by atoms with Crippen molar-refractivity contribution in [1.82, 2.24) is 19.9 Å². The predicted molar refractivity (Wildman–Crippen MR) is 113 cm³/mol. The van der Waals surface area contributed by atoms with Gasteiger partial charge in [-0.1, -0.05) is 18.2 Å². The van der Waals surface area contributed by atoms with Gasteiger partial charge in [-0.05, 0) is 44.8 Å². The minimum absolute atomic E-state index is 0.0900. The number of halogens is 3. The van der Waals surface area contributed by atoms with Crippen LogP contribution in [0.1, 0.15) is 54.8 Å². The average Bonchev–Trinajstić information content (AvgIpc) is 2.77. The van der Waals surface area contributed by atoms with Gasteiger partial charge in [0.15, 0.2) is 0 Å². The van der Waals surface area contributed by atoms with Crippen LogP contribution in [0.3, 0.4) is 0 Å². The number of benzene rings is 1. The molecule has 0 amide bonds. The van der Waals surface area contributed by atoms with Gasteiger partial charge in [0.05, 0.1) is 17.0 Å². The van der Waals surface area contributed by atoms with Crippen molar-refractivity contribution in [2.45, 2.75) is 38.2 Å². The fourth-order valence-corrected chi connectivity index (χ4v) is 4.19. The number of piperidine rings is 1. The van der Waals surface area contributed by atoms with Gasteiger partial charge in [-0.25, -0.2) is 23.1 Å². The maximum atomic E-state index is 14.6. The van der Waals surface area contributed by atoms with Gasteiger partial charge in [0.2, 0.25) is 0 Å². The van der Waals surface area contributed by atoms with Crippen LogP contribution in [0.2, 0.25) is 0 Å². The molecule has 4 rings (SSSR count). The molecular weight excluding hydrogens is 407 g/mol. The number of hydrogen-bond acceptors (Lipinski definition) is 5. The van der Waals surface area contributed by atoms with Crippen molar-refractivity contribution < 1.29 is 13.2 Å². The SMILES string of the molecule is C[C@@H](Nc1ncnc2c1cc(C1CCNCC1)c(=O)n2C)c1cccc(C(F)F)c1F. The molecule has 2 aromatic heterocycles. The Labute approximate surface area is 177 Å². The van der Waals surface area contributed by atoms with Crippen LogP contribution in [0, 0.1) is 5.82 Å². The maximum Gasteiger partial charge on any atom is 0.266 e. The lowest BCUT2D eigenvalue weighted by molar-refractivity contribution is 0.146. The molecule has 0 aliphatic carbocycles. The second-order valence-corrected chi connectivity index (χ2v) is 7.86. The number of aryl methyl sites for hydroxylation is 1. The fraction of sp³-hybridized carbons (Fsp3) is 0.409. The van der Waals surface area contributed by atoms with Crippen molar-refractivity contribution in [2.75, 3.05) is 18.4 Å². The first-order valence-corrected chi connectivity index (χ1v) is 10.3. The first kappa shape index (κ1) is 21.3. The van der Waals surface area contributed by atoms with Crippen LogP contribution in [-0.4, -0.2) is 27.6 Å². The van der Waals surface area contributed by atoms with Gasteiger partial charge in [0.1, 0.15) is 23.6 Å². The van der Waals surface area contributed by atoms with Crippen molar-refractivity contribution in [3.63, 3.8) is 0 Å². The molecule has 2 N–H and O–H groups in total. The predicted octanol–water partition coefficient (Wildman–Crippen LogP) is 4.05. The second kappa shape index (κ2) is 8.66. The van der Waals surface area contributed by atoms with Gasteiger partial charge in [0, 0.05) is 18.2 Å². The fourth-order valence-electron chi connectivity index (χ4n) is 4.19. The molecule has 1 aliphatic rings. The topological polar surface area (TPSA) is 71.8 Å². The summed E-state index contributed by atoms with van der Waals surface area (Å²) < 4.78 is 42.3. The molecule has 1 atom stereocenters. The third-order valence-corrected chi connectivity index (χ3v) is 5.92. The summed E-state index contributed by atoms with van der Waals surface area (Å²) in [7, 11) is 1.67. The van der Waals surface area contributed by atoms with Gasteiger partial charge in [0.25, 0.3) is 12.0 Å². The summed E-state index contributed by atoms with van der Waals surface area (Å²) in [5.74, 6) is -0.376. The molecule has 0 saturated carbocycles. The van der Waals surface area contributed by atoms with E-state index in [1.165, 1.54) is 23.0 Å². The van der Waals surface area contributed by atoms with E-state index >= 15 is 0 Å². The van der Waals surface area contributed by atoms with Crippen LogP contribution in [0.15, 0.2) is 35.4 Å². The highest BCUT2D eigenvalue weighted by Crippen LogP contribution is 2.31. The highest BCUT2D eigenvalue weighted by Gasteiger charge is 2.23.